The third-order valence-corrected chi connectivity index (χ3v) is 24.9. The molecule has 0 aliphatic carbocycles. The molecular weight excluding hydrogens is 1740 g/mol. The molecule has 4 heterocycles. The van der Waals surface area contributed by atoms with E-state index in [1.54, 1.807) is 66.7 Å². The molecule has 4 aromatic heterocycles. The van der Waals surface area contributed by atoms with Gasteiger partial charge in [-0.2, -0.15) is 39.9 Å². The fourth-order valence-corrected chi connectivity index (χ4v) is 17.7. The topological polar surface area (TPSA) is 273 Å². The Hall–Kier alpha value is -16.5. The molecule has 20 heteroatoms. The van der Waals surface area contributed by atoms with E-state index in [4.69, 9.17) is 53.8 Å². The van der Waals surface area contributed by atoms with Gasteiger partial charge < -0.3 is 39.4 Å². The van der Waals surface area contributed by atoms with E-state index in [2.05, 4.69) is 222 Å². The minimum Gasteiger partial charge on any atom is -0.507 e. The number of aromatic hydroxyl groups is 4. The Morgan fingerprint density at radius 1 is 0.179 bits per heavy atom. The van der Waals surface area contributed by atoms with Crippen molar-refractivity contribution in [2.75, 3.05) is 26.4 Å². The van der Waals surface area contributed by atoms with E-state index in [0.29, 0.717) is 95.3 Å². The third-order valence-electron chi connectivity index (χ3n) is 24.9. The summed E-state index contributed by atoms with van der Waals surface area (Å²) in [4.78, 5) is 56.3. The van der Waals surface area contributed by atoms with E-state index in [0.717, 1.165) is 145 Å². The van der Waals surface area contributed by atoms with E-state index < -0.39 is 0 Å². The highest BCUT2D eigenvalue weighted by molar-refractivity contribution is 6.21. The second-order valence-electron chi connectivity index (χ2n) is 34.8. The standard InChI is InChI=1S/C33H29N3O2.3C29H27N3O2/c1-2-3-4-11-20-38-33-35-31(27-16-9-10-17-30(27)37)34-32(36-33)29-21-28-23-13-6-5-12-22(23)18-19-26(28)24-14-7-8-15-25(24)29;1-2-3-4-11-18-34-29-31-27(24-16-9-10-17-25(24)33)30-28(32-29)26-22-14-7-5-12-20(22)19-21-13-6-8-15-23(21)26;1-2-3-4-11-18-34-29-31-27(24-16-9-10-17-26(24)33)30-28(32-29)25-19-20-12-5-6-13-21(20)22-14-7-8-15-23(22)25;1-2-3-4-9-16-34-29-31-27(30-28(32-29)25-12-7-8-13-26(25)33)23-15-14-22-17-20-10-5-6-11-21(20)18-24(22)19-23/h5-10,12-19,21,37H,2-4,11,20H2,1H3;2*5-10,12-17,19,33H,2-4,11,18H2,1H3;5-8,10-15,17-19,33H,2-4,9,16H2,1H3. The lowest BCUT2D eigenvalue weighted by Gasteiger charge is -2.14. The summed E-state index contributed by atoms with van der Waals surface area (Å²) in [5.41, 5.74) is 5.81. The van der Waals surface area contributed by atoms with Crippen LogP contribution in [-0.4, -0.2) is 107 Å². The molecule has 4 N–H and O–H groups in total. The predicted molar refractivity (Wildman–Crippen MR) is 566 cm³/mol. The van der Waals surface area contributed by atoms with Gasteiger partial charge in [-0.05, 0) is 208 Å². The zero-order valence-corrected chi connectivity index (χ0v) is 79.1. The largest absolute Gasteiger partial charge is 0.507 e. The molecule has 0 radical (unpaired) electrons. The van der Waals surface area contributed by atoms with Crippen LogP contribution in [0.25, 0.3) is 188 Å². The zero-order valence-electron chi connectivity index (χ0n) is 79.1. The normalized spacial score (nSPS) is 11.3. The Kier molecular flexibility index (Phi) is 30.5. The SMILES string of the molecule is CCCCCCOc1nc(-c2ccc3cc4ccccc4cc3c2)nc(-c2ccccc2O)n1.CCCCCCOc1nc(-c2ccccc2O)nc(-c2c3ccccc3cc3ccccc23)n1.CCCCCCOc1nc(-c2ccccc2O)nc(-c2cc3c4ccccc4ccc3c3ccccc23)n1.CCCCCCOc1nc(-c2ccccc2O)nc(-c2cc3ccccc3c3ccccc23)n1. The summed E-state index contributed by atoms with van der Waals surface area (Å²) in [5.74, 6) is 4.15. The van der Waals surface area contributed by atoms with Crippen LogP contribution in [0.1, 0.15) is 130 Å². The van der Waals surface area contributed by atoms with Crippen molar-refractivity contribution in [1.29, 1.82) is 0 Å². The summed E-state index contributed by atoms with van der Waals surface area (Å²) in [5, 5.41) is 62.3. The summed E-state index contributed by atoms with van der Waals surface area (Å²) in [7, 11) is 0. The van der Waals surface area contributed by atoms with Crippen molar-refractivity contribution in [1.82, 2.24) is 59.8 Å². The van der Waals surface area contributed by atoms with Crippen molar-refractivity contribution in [2.45, 2.75) is 130 Å². The number of fused-ring (bicyclic) bond motifs is 12. The molecule has 0 saturated heterocycles. The summed E-state index contributed by atoms with van der Waals surface area (Å²) < 4.78 is 23.9. The lowest BCUT2D eigenvalue weighted by Crippen LogP contribution is -2.05. The summed E-state index contributed by atoms with van der Waals surface area (Å²) in [6.45, 7) is 10.9. The number of aromatic nitrogens is 12. The molecule has 0 unspecified atom stereocenters. The van der Waals surface area contributed by atoms with Gasteiger partial charge in [0.2, 0.25) is 0 Å². The molecule has 698 valence electrons. The number of phenolic OH excluding ortho intramolecular Hbond substituents is 4. The molecule has 0 aliphatic rings. The van der Waals surface area contributed by atoms with Gasteiger partial charge in [-0.1, -0.05) is 347 Å². The van der Waals surface area contributed by atoms with Gasteiger partial charge in [0.05, 0.1) is 48.7 Å². The van der Waals surface area contributed by atoms with E-state index in [9.17, 15) is 20.4 Å². The van der Waals surface area contributed by atoms with Crippen molar-refractivity contribution < 1.29 is 39.4 Å². The highest BCUT2D eigenvalue weighted by Gasteiger charge is 2.24. The first-order chi connectivity index (χ1) is 68.9. The first-order valence-corrected chi connectivity index (χ1v) is 48.7. The molecule has 0 aliphatic heterocycles. The number of phenols is 4. The van der Waals surface area contributed by atoms with Gasteiger partial charge in [-0.3, -0.25) is 0 Å². The van der Waals surface area contributed by atoms with Crippen molar-refractivity contribution in [2.24, 2.45) is 0 Å². The fourth-order valence-electron chi connectivity index (χ4n) is 17.7. The summed E-state index contributed by atoms with van der Waals surface area (Å²) in [6.07, 6.45) is 17.6. The highest BCUT2D eigenvalue weighted by Crippen LogP contribution is 2.43. The molecule has 0 amide bonds. The van der Waals surface area contributed by atoms with Crippen LogP contribution in [0.5, 0.6) is 47.0 Å². The minimum absolute atomic E-state index is 0.118. The van der Waals surface area contributed by atoms with Crippen LogP contribution >= 0.6 is 0 Å². The number of benzene rings is 17. The average Bonchev–Trinajstić information content (AvgIpc) is 0.747. The number of para-hydroxylation sites is 4. The van der Waals surface area contributed by atoms with Crippen molar-refractivity contribution >= 4 is 97.0 Å². The van der Waals surface area contributed by atoms with Gasteiger partial charge in [0.25, 0.3) is 0 Å². The maximum Gasteiger partial charge on any atom is 0.320 e. The molecule has 17 aromatic carbocycles. The lowest BCUT2D eigenvalue weighted by molar-refractivity contribution is 0.281. The van der Waals surface area contributed by atoms with Crippen LogP contribution < -0.4 is 18.9 Å². The molecule has 0 saturated carbocycles. The number of ether oxygens (including phenoxy) is 4. The smallest absolute Gasteiger partial charge is 0.320 e. The van der Waals surface area contributed by atoms with Crippen LogP contribution in [0.3, 0.4) is 0 Å². The molecule has 140 heavy (non-hydrogen) atoms. The van der Waals surface area contributed by atoms with Gasteiger partial charge in [-0.25, -0.2) is 19.9 Å². The minimum atomic E-state index is 0.118. The molecule has 20 nitrogen and oxygen atoms in total. The fraction of sp³-hybridized carbons (Fsp3) is 0.200. The number of unbranched alkanes of at least 4 members (excludes halogenated alkanes) is 12. The molecule has 0 fully saturated rings. The second-order valence-corrected chi connectivity index (χ2v) is 34.8. The predicted octanol–water partition coefficient (Wildman–Crippen LogP) is 29.9. The maximum absolute atomic E-state index is 10.6. The number of hydrogen-bond acceptors (Lipinski definition) is 20. The Bertz CT molecular complexity index is 7890. The van der Waals surface area contributed by atoms with Crippen molar-refractivity contribution in [3.8, 4) is 138 Å². The van der Waals surface area contributed by atoms with Gasteiger partial charge >= 0.3 is 24.0 Å². The van der Waals surface area contributed by atoms with E-state index in [1.165, 1.54) is 77.3 Å². The summed E-state index contributed by atoms with van der Waals surface area (Å²) >= 11 is 0. The van der Waals surface area contributed by atoms with Gasteiger partial charge in [-0.15, -0.1) is 0 Å². The monoisotopic (exact) mass is 1850 g/mol. The van der Waals surface area contributed by atoms with Crippen molar-refractivity contribution in [3.05, 3.63) is 328 Å². The number of nitrogens with zero attached hydrogens (tertiary/aromatic N) is 12. The van der Waals surface area contributed by atoms with E-state index in [-0.39, 0.29) is 47.0 Å². The first-order valence-electron chi connectivity index (χ1n) is 48.7. The van der Waals surface area contributed by atoms with E-state index >= 15 is 0 Å². The molecule has 0 atom stereocenters. The van der Waals surface area contributed by atoms with E-state index in [1.807, 2.05) is 91.0 Å². The molecule has 21 rings (SSSR count). The van der Waals surface area contributed by atoms with Crippen LogP contribution in [0.4, 0.5) is 0 Å². The Labute approximate surface area is 813 Å². The average molecular weight is 1850 g/mol. The number of rotatable bonds is 32. The highest BCUT2D eigenvalue weighted by atomic mass is 16.5. The van der Waals surface area contributed by atoms with Crippen LogP contribution in [0, 0.1) is 0 Å². The molecule has 21 aromatic rings. The zero-order chi connectivity index (χ0) is 95.9. The Morgan fingerprint density at radius 2 is 0.450 bits per heavy atom. The van der Waals surface area contributed by atoms with Gasteiger partial charge in [0.15, 0.2) is 46.6 Å². The molecule has 0 spiro atoms. The quantitative estimate of drug-likeness (QED) is 0.0173. The third kappa shape index (κ3) is 22.1. The van der Waals surface area contributed by atoms with Gasteiger partial charge in [0.1, 0.15) is 23.0 Å². The Balaban J connectivity index is 0.000000124. The number of hydrogen-bond donors (Lipinski definition) is 4. The summed E-state index contributed by atoms with van der Waals surface area (Å²) in [6, 6.07) is 109. The second kappa shape index (κ2) is 45.4. The molecule has 0 bridgehead atoms. The van der Waals surface area contributed by atoms with Crippen LogP contribution in [-0.2, 0) is 0 Å². The van der Waals surface area contributed by atoms with Crippen LogP contribution in [0.15, 0.2) is 328 Å². The van der Waals surface area contributed by atoms with Crippen molar-refractivity contribution in [3.63, 3.8) is 0 Å². The van der Waals surface area contributed by atoms with Crippen LogP contribution in [0.2, 0.25) is 0 Å². The Morgan fingerprint density at radius 3 is 0.864 bits per heavy atom. The molecular formula is C120H110N12O8. The lowest BCUT2D eigenvalue weighted by atomic mass is 9.93. The first kappa shape index (κ1) is 93.9. The maximum atomic E-state index is 10.6. The van der Waals surface area contributed by atoms with Gasteiger partial charge in [0, 0.05) is 22.3 Å².